The molecular formula is C13H19N3O2. The molecule has 98 valence electrons. The summed E-state index contributed by atoms with van der Waals surface area (Å²) < 4.78 is 5.58. The zero-order valence-electron chi connectivity index (χ0n) is 10.7. The molecule has 0 saturated heterocycles. The molecule has 0 fully saturated rings. The van der Waals surface area contributed by atoms with Gasteiger partial charge in [0.05, 0.1) is 12.8 Å². The molecule has 2 heterocycles. The molecule has 0 aliphatic carbocycles. The number of aromatic nitrogens is 2. The van der Waals surface area contributed by atoms with Crippen LogP contribution in [0.2, 0.25) is 0 Å². The maximum Gasteiger partial charge on any atom is 0.152 e. The van der Waals surface area contributed by atoms with Crippen LogP contribution in [0.3, 0.4) is 0 Å². The zero-order chi connectivity index (χ0) is 13.0. The first-order chi connectivity index (χ1) is 8.74. The average Bonchev–Trinajstić information content (AvgIpc) is 2.99. The summed E-state index contributed by atoms with van der Waals surface area (Å²) in [5.74, 6) is 1.67. The Morgan fingerprint density at radius 3 is 2.94 bits per heavy atom. The van der Waals surface area contributed by atoms with Gasteiger partial charge in [-0.15, -0.1) is 0 Å². The highest BCUT2D eigenvalue weighted by molar-refractivity contribution is 5.56. The van der Waals surface area contributed by atoms with Crippen LogP contribution in [-0.2, 0) is 6.54 Å². The molecule has 0 aliphatic heterocycles. The van der Waals surface area contributed by atoms with E-state index in [-0.39, 0.29) is 12.6 Å². The van der Waals surface area contributed by atoms with Crippen LogP contribution in [-0.4, -0.2) is 28.0 Å². The van der Waals surface area contributed by atoms with Gasteiger partial charge in [0, 0.05) is 18.2 Å². The molecule has 0 aliphatic rings. The molecule has 2 rings (SSSR count). The van der Waals surface area contributed by atoms with Gasteiger partial charge in [0.1, 0.15) is 11.5 Å². The fourth-order valence-electron chi connectivity index (χ4n) is 1.82. The molecule has 0 amide bonds. The van der Waals surface area contributed by atoms with Crippen molar-refractivity contribution >= 4 is 0 Å². The van der Waals surface area contributed by atoms with Crippen molar-refractivity contribution in [3.63, 3.8) is 0 Å². The quantitative estimate of drug-likeness (QED) is 0.730. The average molecular weight is 249 g/mol. The lowest BCUT2D eigenvalue weighted by Crippen LogP contribution is -2.31. The fraction of sp³-hybridized carbons (Fsp3) is 0.462. The van der Waals surface area contributed by atoms with E-state index >= 15 is 0 Å². The first kappa shape index (κ1) is 12.9. The number of rotatable bonds is 6. The van der Waals surface area contributed by atoms with E-state index in [2.05, 4.69) is 15.5 Å². The Labute approximate surface area is 106 Å². The van der Waals surface area contributed by atoms with E-state index < -0.39 is 0 Å². The highest BCUT2D eigenvalue weighted by Gasteiger charge is 2.12. The van der Waals surface area contributed by atoms with E-state index in [0.29, 0.717) is 6.54 Å². The summed E-state index contributed by atoms with van der Waals surface area (Å²) in [6.45, 7) is 4.75. The summed E-state index contributed by atoms with van der Waals surface area (Å²) in [4.78, 5) is 0. The largest absolute Gasteiger partial charge is 0.460 e. The number of aryl methyl sites for hydroxylation is 1. The second-order valence-electron chi connectivity index (χ2n) is 4.35. The van der Waals surface area contributed by atoms with E-state index in [1.807, 2.05) is 26.0 Å². The van der Waals surface area contributed by atoms with Crippen LogP contribution in [0.1, 0.15) is 24.7 Å². The minimum atomic E-state index is 0.117. The Hall–Kier alpha value is -1.59. The Morgan fingerprint density at radius 2 is 2.33 bits per heavy atom. The van der Waals surface area contributed by atoms with E-state index in [1.165, 1.54) is 0 Å². The summed E-state index contributed by atoms with van der Waals surface area (Å²) in [6, 6.07) is 3.97. The molecule has 0 aromatic carbocycles. The number of hydrogen-bond acceptors (Lipinski definition) is 4. The van der Waals surface area contributed by atoms with Crippen molar-refractivity contribution in [1.29, 1.82) is 0 Å². The van der Waals surface area contributed by atoms with Crippen LogP contribution in [0.4, 0.5) is 0 Å². The molecule has 0 spiro atoms. The summed E-state index contributed by atoms with van der Waals surface area (Å²) >= 11 is 0. The lowest BCUT2D eigenvalue weighted by molar-refractivity contribution is 0.238. The van der Waals surface area contributed by atoms with Crippen LogP contribution in [0.25, 0.3) is 11.5 Å². The highest BCUT2D eigenvalue weighted by Crippen LogP contribution is 2.23. The molecule has 0 radical (unpaired) electrons. The summed E-state index contributed by atoms with van der Waals surface area (Å²) in [5.41, 5.74) is 1.93. The third-order valence-corrected chi connectivity index (χ3v) is 3.00. The number of aliphatic hydroxyl groups excluding tert-OH is 1. The normalized spacial score (nSPS) is 12.8. The number of aromatic amines is 1. The van der Waals surface area contributed by atoms with Crippen molar-refractivity contribution in [2.45, 2.75) is 32.9 Å². The number of furan rings is 1. The molecule has 2 aromatic heterocycles. The molecule has 2 aromatic rings. The third-order valence-electron chi connectivity index (χ3n) is 3.00. The Morgan fingerprint density at radius 1 is 1.50 bits per heavy atom. The molecule has 0 saturated carbocycles. The van der Waals surface area contributed by atoms with Crippen molar-refractivity contribution in [3.05, 3.63) is 29.7 Å². The van der Waals surface area contributed by atoms with Gasteiger partial charge < -0.3 is 14.8 Å². The third kappa shape index (κ3) is 2.80. The molecule has 0 bridgehead atoms. The summed E-state index contributed by atoms with van der Waals surface area (Å²) in [6.07, 6.45) is 2.67. The molecule has 18 heavy (non-hydrogen) atoms. The smallest absolute Gasteiger partial charge is 0.152 e. The van der Waals surface area contributed by atoms with E-state index in [9.17, 15) is 0 Å². The SMILES string of the molecule is CCC(CO)NCc1cn[nH]c1-c1ccc(C)o1. The zero-order valence-corrected chi connectivity index (χ0v) is 10.7. The number of H-pyrrole nitrogens is 1. The van der Waals surface area contributed by atoms with Crippen molar-refractivity contribution in [2.24, 2.45) is 0 Å². The van der Waals surface area contributed by atoms with Gasteiger partial charge in [-0.1, -0.05) is 6.92 Å². The van der Waals surface area contributed by atoms with Crippen LogP contribution < -0.4 is 5.32 Å². The first-order valence-corrected chi connectivity index (χ1v) is 6.18. The van der Waals surface area contributed by atoms with Gasteiger partial charge in [-0.2, -0.15) is 5.10 Å². The molecule has 1 atom stereocenters. The highest BCUT2D eigenvalue weighted by atomic mass is 16.3. The van der Waals surface area contributed by atoms with Gasteiger partial charge >= 0.3 is 0 Å². The Bertz CT molecular complexity index is 486. The van der Waals surface area contributed by atoms with Gasteiger partial charge in [-0.05, 0) is 25.5 Å². The monoisotopic (exact) mass is 249 g/mol. The topological polar surface area (TPSA) is 74.1 Å². The second kappa shape index (κ2) is 5.84. The van der Waals surface area contributed by atoms with Gasteiger partial charge in [0.15, 0.2) is 5.76 Å². The first-order valence-electron chi connectivity index (χ1n) is 6.18. The van der Waals surface area contributed by atoms with Gasteiger partial charge in [-0.3, -0.25) is 5.10 Å². The Kier molecular flexibility index (Phi) is 4.17. The standard InChI is InChI=1S/C13H19N3O2/c1-3-11(8-17)14-6-10-7-15-16-13(10)12-5-4-9(2)18-12/h4-5,7,11,14,17H,3,6,8H2,1-2H3,(H,15,16). The van der Waals surface area contributed by atoms with Crippen LogP contribution in [0.15, 0.2) is 22.7 Å². The van der Waals surface area contributed by atoms with Gasteiger partial charge in [-0.25, -0.2) is 0 Å². The molecular weight excluding hydrogens is 230 g/mol. The lowest BCUT2D eigenvalue weighted by Gasteiger charge is -2.13. The van der Waals surface area contributed by atoms with E-state index in [1.54, 1.807) is 6.20 Å². The lowest BCUT2D eigenvalue weighted by atomic mass is 10.2. The summed E-state index contributed by atoms with van der Waals surface area (Å²) in [7, 11) is 0. The number of nitrogens with zero attached hydrogens (tertiary/aromatic N) is 1. The minimum absolute atomic E-state index is 0.117. The van der Waals surface area contributed by atoms with Crippen LogP contribution in [0, 0.1) is 6.92 Å². The van der Waals surface area contributed by atoms with Crippen LogP contribution >= 0.6 is 0 Å². The minimum Gasteiger partial charge on any atom is -0.460 e. The van der Waals surface area contributed by atoms with Crippen molar-refractivity contribution in [2.75, 3.05) is 6.61 Å². The molecule has 5 heteroatoms. The van der Waals surface area contributed by atoms with Gasteiger partial charge in [0.2, 0.25) is 0 Å². The fourth-order valence-corrected chi connectivity index (χ4v) is 1.82. The molecule has 1 unspecified atom stereocenters. The Balaban J connectivity index is 2.08. The number of aliphatic hydroxyl groups is 1. The maximum atomic E-state index is 9.14. The summed E-state index contributed by atoms with van der Waals surface area (Å²) in [5, 5.41) is 19.4. The van der Waals surface area contributed by atoms with Crippen molar-refractivity contribution < 1.29 is 9.52 Å². The van der Waals surface area contributed by atoms with E-state index in [4.69, 9.17) is 9.52 Å². The van der Waals surface area contributed by atoms with Gasteiger partial charge in [0.25, 0.3) is 0 Å². The van der Waals surface area contributed by atoms with Crippen LogP contribution in [0.5, 0.6) is 0 Å². The predicted octanol–water partition coefficient (Wildman–Crippen LogP) is 1.84. The molecule has 5 nitrogen and oxygen atoms in total. The maximum absolute atomic E-state index is 9.14. The number of hydrogen-bond donors (Lipinski definition) is 3. The second-order valence-corrected chi connectivity index (χ2v) is 4.35. The van der Waals surface area contributed by atoms with Crippen molar-refractivity contribution in [3.8, 4) is 11.5 Å². The predicted molar refractivity (Wildman–Crippen MR) is 69.0 cm³/mol. The number of nitrogens with one attached hydrogen (secondary N) is 2. The van der Waals surface area contributed by atoms with Crippen molar-refractivity contribution in [1.82, 2.24) is 15.5 Å². The molecule has 3 N–H and O–H groups in total. The van der Waals surface area contributed by atoms with E-state index in [0.717, 1.165) is 29.2 Å².